The maximum Gasteiger partial charge on any atom is 0.325 e. The summed E-state index contributed by atoms with van der Waals surface area (Å²) in [6.45, 7) is 4.40. The van der Waals surface area contributed by atoms with Gasteiger partial charge in [0.1, 0.15) is 6.04 Å². The number of ether oxygens (including phenoxy) is 1. The number of carbonyl (C=O) groups is 1. The molecule has 2 N–H and O–H groups in total. The number of aliphatic hydroxyl groups excluding tert-OH is 1. The highest BCUT2D eigenvalue weighted by Gasteiger charge is 2.17. The summed E-state index contributed by atoms with van der Waals surface area (Å²) in [5.41, 5.74) is 8.23. The average Bonchev–Trinajstić information content (AvgIpc) is 2.80. The third-order valence-electron chi connectivity index (χ3n) is 5.46. The Labute approximate surface area is 184 Å². The first-order valence-electron chi connectivity index (χ1n) is 10.4. The molecule has 0 aliphatic heterocycles. The van der Waals surface area contributed by atoms with Gasteiger partial charge in [-0.2, -0.15) is 0 Å². The lowest BCUT2D eigenvalue weighted by atomic mass is 9.95. The standard InChI is InChI=1S/C27H29NO3/c1-19-16-21(17-28-26(18-29)27(30)31-3)12-13-22(19)14-15-23-10-7-11-25(20(23)2)24-8-5-4-6-9-24/h4-16,26,28-29H,17-18H2,1-3H3/b15-14+/t26-/m1/s1. The van der Waals surface area contributed by atoms with E-state index in [1.54, 1.807) is 0 Å². The number of carbonyl (C=O) groups excluding carboxylic acids is 1. The highest BCUT2D eigenvalue weighted by atomic mass is 16.5. The molecule has 160 valence electrons. The molecule has 0 amide bonds. The summed E-state index contributed by atoms with van der Waals surface area (Å²) >= 11 is 0. The molecule has 0 aliphatic carbocycles. The molecular weight excluding hydrogens is 386 g/mol. The molecule has 0 unspecified atom stereocenters. The zero-order valence-corrected chi connectivity index (χ0v) is 18.3. The van der Waals surface area contributed by atoms with Crippen molar-refractivity contribution in [1.29, 1.82) is 0 Å². The van der Waals surface area contributed by atoms with Crippen LogP contribution in [0.1, 0.15) is 27.8 Å². The smallest absolute Gasteiger partial charge is 0.325 e. The number of hydrogen-bond acceptors (Lipinski definition) is 4. The van der Waals surface area contributed by atoms with E-state index in [1.165, 1.54) is 29.4 Å². The summed E-state index contributed by atoms with van der Waals surface area (Å²) in [5, 5.41) is 12.4. The molecule has 0 aromatic heterocycles. The first-order chi connectivity index (χ1) is 15.0. The minimum absolute atomic E-state index is 0.298. The summed E-state index contributed by atoms with van der Waals surface area (Å²) in [7, 11) is 1.31. The zero-order chi connectivity index (χ0) is 22.2. The molecule has 0 saturated carbocycles. The second-order valence-corrected chi connectivity index (χ2v) is 7.55. The molecular formula is C27H29NO3. The first-order valence-corrected chi connectivity index (χ1v) is 10.4. The van der Waals surface area contributed by atoms with Crippen molar-refractivity contribution in [2.24, 2.45) is 0 Å². The van der Waals surface area contributed by atoms with E-state index in [0.717, 1.165) is 16.7 Å². The third-order valence-corrected chi connectivity index (χ3v) is 5.46. The van der Waals surface area contributed by atoms with Gasteiger partial charge < -0.3 is 9.84 Å². The fourth-order valence-corrected chi connectivity index (χ4v) is 3.58. The SMILES string of the molecule is COC(=O)[C@@H](CO)NCc1ccc(/C=C/c2cccc(-c3ccccc3)c2C)c(C)c1. The molecule has 0 heterocycles. The molecule has 0 radical (unpaired) electrons. The van der Waals surface area contributed by atoms with E-state index in [4.69, 9.17) is 0 Å². The minimum Gasteiger partial charge on any atom is -0.468 e. The molecule has 31 heavy (non-hydrogen) atoms. The molecule has 1 atom stereocenters. The van der Waals surface area contributed by atoms with Crippen molar-refractivity contribution in [1.82, 2.24) is 5.32 Å². The Balaban J connectivity index is 1.74. The maximum atomic E-state index is 11.6. The number of nitrogens with one attached hydrogen (secondary N) is 1. The maximum absolute atomic E-state index is 11.6. The van der Waals surface area contributed by atoms with Crippen molar-refractivity contribution in [3.8, 4) is 11.1 Å². The van der Waals surface area contributed by atoms with E-state index < -0.39 is 12.0 Å². The predicted molar refractivity (Wildman–Crippen MR) is 126 cm³/mol. The Morgan fingerprint density at radius 3 is 2.42 bits per heavy atom. The predicted octanol–water partition coefficient (Wildman–Crippen LogP) is 4.76. The van der Waals surface area contributed by atoms with Gasteiger partial charge in [0.05, 0.1) is 13.7 Å². The summed E-state index contributed by atoms with van der Waals surface area (Å²) in [6.07, 6.45) is 4.29. The summed E-state index contributed by atoms with van der Waals surface area (Å²) in [5.74, 6) is -0.466. The monoisotopic (exact) mass is 415 g/mol. The third kappa shape index (κ3) is 5.69. The van der Waals surface area contributed by atoms with Crippen molar-refractivity contribution < 1.29 is 14.6 Å². The second-order valence-electron chi connectivity index (χ2n) is 7.55. The van der Waals surface area contributed by atoms with Crippen LogP contribution in [-0.2, 0) is 16.1 Å². The first kappa shape index (κ1) is 22.5. The summed E-state index contributed by atoms with van der Waals surface area (Å²) in [6, 6.07) is 22.3. The van der Waals surface area contributed by atoms with Crippen LogP contribution in [0.4, 0.5) is 0 Å². The number of rotatable bonds is 8. The van der Waals surface area contributed by atoms with Gasteiger partial charge in [-0.05, 0) is 52.8 Å². The van der Waals surface area contributed by atoms with Gasteiger partial charge in [0, 0.05) is 6.54 Å². The molecule has 0 bridgehead atoms. The van der Waals surface area contributed by atoms with Crippen LogP contribution in [-0.4, -0.2) is 30.8 Å². The number of benzene rings is 3. The van der Waals surface area contributed by atoms with Crippen molar-refractivity contribution in [2.75, 3.05) is 13.7 Å². The van der Waals surface area contributed by atoms with Crippen LogP contribution in [0.5, 0.6) is 0 Å². The van der Waals surface area contributed by atoms with Gasteiger partial charge in [-0.1, -0.05) is 78.9 Å². The Morgan fingerprint density at radius 2 is 1.74 bits per heavy atom. The van der Waals surface area contributed by atoms with E-state index in [1.807, 2.05) is 12.1 Å². The molecule has 3 rings (SSSR count). The number of aliphatic hydroxyl groups is 1. The highest BCUT2D eigenvalue weighted by Crippen LogP contribution is 2.27. The van der Waals surface area contributed by atoms with Crippen molar-refractivity contribution in [2.45, 2.75) is 26.4 Å². The topological polar surface area (TPSA) is 58.6 Å². The Morgan fingerprint density at radius 1 is 1.00 bits per heavy atom. The molecule has 0 fully saturated rings. The Kier molecular flexibility index (Phi) is 7.76. The lowest BCUT2D eigenvalue weighted by Gasteiger charge is -2.14. The van der Waals surface area contributed by atoms with E-state index in [0.29, 0.717) is 6.54 Å². The normalized spacial score (nSPS) is 12.1. The number of hydrogen-bond donors (Lipinski definition) is 2. The summed E-state index contributed by atoms with van der Waals surface area (Å²) in [4.78, 5) is 11.6. The average molecular weight is 416 g/mol. The largest absolute Gasteiger partial charge is 0.468 e. The molecule has 0 saturated heterocycles. The van der Waals surface area contributed by atoms with Crippen LogP contribution >= 0.6 is 0 Å². The molecule has 3 aromatic carbocycles. The van der Waals surface area contributed by atoms with Crippen LogP contribution < -0.4 is 5.32 Å². The van der Waals surface area contributed by atoms with Crippen LogP contribution in [0.3, 0.4) is 0 Å². The lowest BCUT2D eigenvalue weighted by molar-refractivity contribution is -0.144. The molecule has 3 aromatic rings. The van der Waals surface area contributed by atoms with Gasteiger partial charge in [0.25, 0.3) is 0 Å². The fraction of sp³-hybridized carbons (Fsp3) is 0.222. The van der Waals surface area contributed by atoms with Gasteiger partial charge in [0.2, 0.25) is 0 Å². The Bertz CT molecular complexity index is 1060. The van der Waals surface area contributed by atoms with Crippen LogP contribution in [0.15, 0.2) is 66.7 Å². The van der Waals surface area contributed by atoms with E-state index in [2.05, 4.69) is 90.7 Å². The molecule has 4 nitrogen and oxygen atoms in total. The zero-order valence-electron chi connectivity index (χ0n) is 18.3. The van der Waals surface area contributed by atoms with Gasteiger partial charge in [-0.3, -0.25) is 10.1 Å². The van der Waals surface area contributed by atoms with E-state index in [9.17, 15) is 9.90 Å². The van der Waals surface area contributed by atoms with Crippen molar-refractivity contribution >= 4 is 18.1 Å². The lowest BCUT2D eigenvalue weighted by Crippen LogP contribution is -2.40. The number of methoxy groups -OCH3 is 1. The Hall–Kier alpha value is -3.21. The fourth-order valence-electron chi connectivity index (χ4n) is 3.58. The van der Waals surface area contributed by atoms with Crippen molar-refractivity contribution in [3.05, 3.63) is 94.5 Å². The quantitative estimate of drug-likeness (QED) is 0.411. The van der Waals surface area contributed by atoms with Gasteiger partial charge in [-0.15, -0.1) is 0 Å². The molecule has 0 aliphatic rings. The highest BCUT2D eigenvalue weighted by molar-refractivity contribution is 5.78. The van der Waals surface area contributed by atoms with Crippen LogP contribution in [0, 0.1) is 13.8 Å². The molecule has 0 spiro atoms. The second kappa shape index (κ2) is 10.7. The summed E-state index contributed by atoms with van der Waals surface area (Å²) < 4.78 is 4.68. The van der Waals surface area contributed by atoms with E-state index in [-0.39, 0.29) is 6.61 Å². The van der Waals surface area contributed by atoms with Gasteiger partial charge >= 0.3 is 5.97 Å². The van der Waals surface area contributed by atoms with Crippen molar-refractivity contribution in [3.63, 3.8) is 0 Å². The minimum atomic E-state index is -0.718. The molecule has 4 heteroatoms. The number of esters is 1. The van der Waals surface area contributed by atoms with Gasteiger partial charge in [-0.25, -0.2) is 0 Å². The number of aryl methyl sites for hydroxylation is 1. The van der Waals surface area contributed by atoms with Crippen LogP contribution in [0.25, 0.3) is 23.3 Å². The van der Waals surface area contributed by atoms with E-state index >= 15 is 0 Å². The van der Waals surface area contributed by atoms with Crippen LogP contribution in [0.2, 0.25) is 0 Å². The van der Waals surface area contributed by atoms with Gasteiger partial charge in [0.15, 0.2) is 0 Å².